The minimum absolute atomic E-state index is 0.123. The zero-order valence-electron chi connectivity index (χ0n) is 16.6. The number of aliphatic hydroxyl groups excluding tert-OH is 1. The van der Waals surface area contributed by atoms with E-state index in [2.05, 4.69) is 4.98 Å². The maximum atomic E-state index is 12.9. The molecule has 146 valence electrons. The van der Waals surface area contributed by atoms with E-state index in [0.29, 0.717) is 18.7 Å². The zero-order chi connectivity index (χ0) is 20.4. The first-order valence-corrected chi connectivity index (χ1v) is 9.22. The highest BCUT2D eigenvalue weighted by molar-refractivity contribution is 6.46. The summed E-state index contributed by atoms with van der Waals surface area (Å²) in [4.78, 5) is 33.1. The molecule has 1 N–H and O–H groups in total. The van der Waals surface area contributed by atoms with Crippen molar-refractivity contribution >= 4 is 17.4 Å². The van der Waals surface area contributed by atoms with Crippen molar-refractivity contribution in [3.8, 4) is 0 Å². The highest BCUT2D eigenvalue weighted by atomic mass is 16.3. The molecule has 1 saturated heterocycles. The maximum Gasteiger partial charge on any atom is 0.295 e. The molecule has 6 heteroatoms. The zero-order valence-corrected chi connectivity index (χ0v) is 16.6. The first-order valence-electron chi connectivity index (χ1n) is 9.22. The lowest BCUT2D eigenvalue weighted by Crippen LogP contribution is -2.35. The van der Waals surface area contributed by atoms with Crippen molar-refractivity contribution in [2.75, 3.05) is 27.2 Å². The van der Waals surface area contributed by atoms with Crippen LogP contribution in [0, 0.1) is 13.8 Å². The van der Waals surface area contributed by atoms with Gasteiger partial charge in [-0.2, -0.15) is 0 Å². The molecule has 1 atom stereocenters. The Morgan fingerprint density at radius 2 is 1.79 bits per heavy atom. The lowest BCUT2D eigenvalue weighted by molar-refractivity contribution is -0.140. The molecule has 0 spiro atoms. The Kier molecular flexibility index (Phi) is 5.61. The number of ketones is 1. The molecular weight excluding hydrogens is 354 g/mol. The molecule has 0 bridgehead atoms. The van der Waals surface area contributed by atoms with Crippen molar-refractivity contribution in [2.45, 2.75) is 19.9 Å². The van der Waals surface area contributed by atoms with Crippen LogP contribution >= 0.6 is 0 Å². The first kappa shape index (κ1) is 19.8. The Morgan fingerprint density at radius 3 is 2.39 bits per heavy atom. The number of likely N-dealkylation sites (N-methyl/N-ethyl adjacent to an activating group) is 1. The number of hydrogen-bond acceptors (Lipinski definition) is 5. The molecular formula is C22H25N3O3. The van der Waals surface area contributed by atoms with Gasteiger partial charge in [-0.25, -0.2) is 0 Å². The van der Waals surface area contributed by atoms with Gasteiger partial charge in [-0.3, -0.25) is 14.6 Å². The lowest BCUT2D eigenvalue weighted by atomic mass is 9.95. The van der Waals surface area contributed by atoms with Crippen LogP contribution in [-0.4, -0.2) is 58.8 Å². The lowest BCUT2D eigenvalue weighted by Gasteiger charge is -2.26. The van der Waals surface area contributed by atoms with Crippen molar-refractivity contribution in [1.82, 2.24) is 14.8 Å². The summed E-state index contributed by atoms with van der Waals surface area (Å²) in [5, 5.41) is 11.0. The van der Waals surface area contributed by atoms with Gasteiger partial charge in [-0.15, -0.1) is 0 Å². The van der Waals surface area contributed by atoms with Gasteiger partial charge in [0.25, 0.3) is 11.7 Å². The molecule has 1 amide bonds. The number of hydrogen-bond donors (Lipinski definition) is 1. The molecule has 1 fully saturated rings. The van der Waals surface area contributed by atoms with E-state index in [1.807, 2.05) is 45.0 Å². The van der Waals surface area contributed by atoms with Crippen molar-refractivity contribution in [3.05, 3.63) is 70.6 Å². The smallest absolute Gasteiger partial charge is 0.295 e. The second-order valence-electron chi connectivity index (χ2n) is 7.38. The topological polar surface area (TPSA) is 73.7 Å². The van der Waals surface area contributed by atoms with E-state index in [-0.39, 0.29) is 11.3 Å². The standard InChI is InChI=1S/C22H25N3O3/c1-14-5-6-17(13-15(14)2)20(26)18-19(16-7-9-23-10-8-16)25(12-11-24(3)4)22(28)21(18)27/h5-10,13,19,26H,11-12H2,1-4H3/b20-18-. The maximum absolute atomic E-state index is 12.9. The van der Waals surface area contributed by atoms with E-state index in [1.54, 1.807) is 30.6 Å². The molecule has 1 aliphatic rings. The number of aromatic nitrogens is 1. The fourth-order valence-electron chi connectivity index (χ4n) is 3.35. The number of carbonyl (C=O) groups excluding carboxylic acids is 2. The van der Waals surface area contributed by atoms with Crippen LogP contribution in [0.5, 0.6) is 0 Å². The molecule has 1 aromatic carbocycles. The summed E-state index contributed by atoms with van der Waals surface area (Å²) < 4.78 is 0. The number of carbonyl (C=O) groups is 2. The van der Waals surface area contributed by atoms with Gasteiger partial charge in [-0.1, -0.05) is 12.1 Å². The molecule has 0 saturated carbocycles. The number of nitrogens with zero attached hydrogens (tertiary/aromatic N) is 3. The molecule has 1 unspecified atom stereocenters. The number of aryl methyl sites for hydroxylation is 2. The van der Waals surface area contributed by atoms with E-state index in [1.165, 1.54) is 4.90 Å². The Hall–Kier alpha value is -2.99. The number of rotatable bonds is 5. The van der Waals surface area contributed by atoms with Crippen molar-refractivity contribution in [3.63, 3.8) is 0 Å². The second-order valence-corrected chi connectivity index (χ2v) is 7.38. The number of amides is 1. The fourth-order valence-corrected chi connectivity index (χ4v) is 3.35. The predicted octanol–water partition coefficient (Wildman–Crippen LogP) is 2.68. The second kappa shape index (κ2) is 7.94. The average Bonchev–Trinajstić information content (AvgIpc) is 2.93. The van der Waals surface area contributed by atoms with Gasteiger partial charge < -0.3 is 14.9 Å². The summed E-state index contributed by atoms with van der Waals surface area (Å²) in [5.74, 6) is -1.39. The highest BCUT2D eigenvalue weighted by Crippen LogP contribution is 2.39. The fraction of sp³-hybridized carbons (Fsp3) is 0.318. The SMILES string of the molecule is Cc1ccc(/C(O)=C2/C(=O)C(=O)N(CCN(C)C)C2c2ccncc2)cc1C. The number of Topliss-reactive ketones (excluding diaryl/α,β-unsaturated/α-hetero) is 1. The van der Waals surface area contributed by atoms with Crippen LogP contribution in [0.4, 0.5) is 0 Å². The summed E-state index contributed by atoms with van der Waals surface area (Å²) in [7, 11) is 3.82. The van der Waals surface area contributed by atoms with Crippen LogP contribution in [-0.2, 0) is 9.59 Å². The quantitative estimate of drug-likeness (QED) is 0.491. The van der Waals surface area contributed by atoms with Gasteiger partial charge in [0.1, 0.15) is 5.76 Å². The molecule has 0 radical (unpaired) electrons. The molecule has 1 aliphatic heterocycles. The predicted molar refractivity (Wildman–Crippen MR) is 108 cm³/mol. The molecule has 2 aromatic rings. The van der Waals surface area contributed by atoms with Crippen molar-refractivity contribution < 1.29 is 14.7 Å². The van der Waals surface area contributed by atoms with Gasteiger partial charge >= 0.3 is 0 Å². The van der Waals surface area contributed by atoms with Gasteiger partial charge in [0.15, 0.2) is 0 Å². The van der Waals surface area contributed by atoms with Gasteiger partial charge in [0, 0.05) is 31.0 Å². The molecule has 1 aromatic heterocycles. The highest BCUT2D eigenvalue weighted by Gasteiger charge is 2.45. The van der Waals surface area contributed by atoms with Crippen molar-refractivity contribution in [2.24, 2.45) is 0 Å². The molecule has 28 heavy (non-hydrogen) atoms. The number of pyridine rings is 1. The minimum Gasteiger partial charge on any atom is -0.507 e. The third kappa shape index (κ3) is 3.68. The van der Waals surface area contributed by atoms with Crippen LogP contribution < -0.4 is 0 Å². The van der Waals surface area contributed by atoms with Crippen LogP contribution in [0.2, 0.25) is 0 Å². The third-order valence-electron chi connectivity index (χ3n) is 5.13. The minimum atomic E-state index is -0.656. The molecule has 6 nitrogen and oxygen atoms in total. The van der Waals surface area contributed by atoms with Crippen LogP contribution in [0.25, 0.3) is 5.76 Å². The monoisotopic (exact) mass is 379 g/mol. The van der Waals surface area contributed by atoms with Crippen LogP contribution in [0.1, 0.15) is 28.3 Å². The van der Waals surface area contributed by atoms with E-state index in [4.69, 9.17) is 0 Å². The summed E-state index contributed by atoms with van der Waals surface area (Å²) in [6.45, 7) is 4.92. The van der Waals surface area contributed by atoms with Gasteiger partial charge in [0.2, 0.25) is 0 Å². The molecule has 3 rings (SSSR count). The number of benzene rings is 1. The normalized spacial score (nSPS) is 18.9. The Labute approximate surface area is 165 Å². The van der Waals surface area contributed by atoms with Crippen LogP contribution in [0.3, 0.4) is 0 Å². The third-order valence-corrected chi connectivity index (χ3v) is 5.13. The number of aliphatic hydroxyl groups is 1. The summed E-state index contributed by atoms with van der Waals surface area (Å²) in [6, 6.07) is 8.41. The van der Waals surface area contributed by atoms with E-state index in [9.17, 15) is 14.7 Å². The first-order chi connectivity index (χ1) is 13.3. The average molecular weight is 379 g/mol. The summed E-state index contributed by atoms with van der Waals surface area (Å²) >= 11 is 0. The molecule has 0 aliphatic carbocycles. The summed E-state index contributed by atoms with van der Waals surface area (Å²) in [5.41, 5.74) is 3.50. The van der Waals surface area contributed by atoms with Crippen molar-refractivity contribution in [1.29, 1.82) is 0 Å². The Balaban J connectivity index is 2.14. The van der Waals surface area contributed by atoms with E-state index < -0.39 is 17.7 Å². The van der Waals surface area contributed by atoms with Gasteiger partial charge in [0.05, 0.1) is 11.6 Å². The molecule has 2 heterocycles. The summed E-state index contributed by atoms with van der Waals surface area (Å²) in [6.07, 6.45) is 3.24. The Morgan fingerprint density at radius 1 is 1.11 bits per heavy atom. The van der Waals surface area contributed by atoms with Crippen LogP contribution in [0.15, 0.2) is 48.3 Å². The van der Waals surface area contributed by atoms with E-state index in [0.717, 1.165) is 16.7 Å². The van der Waals surface area contributed by atoms with Gasteiger partial charge in [-0.05, 0) is 62.8 Å². The van der Waals surface area contributed by atoms with E-state index >= 15 is 0 Å². The largest absolute Gasteiger partial charge is 0.507 e. The Bertz CT molecular complexity index is 935. The number of likely N-dealkylation sites (tertiary alicyclic amines) is 1.